The second kappa shape index (κ2) is 30.1. The van der Waals surface area contributed by atoms with Gasteiger partial charge < -0.3 is 66.6 Å². The van der Waals surface area contributed by atoms with Crippen molar-refractivity contribution in [1.82, 2.24) is 49.8 Å². The first-order chi connectivity index (χ1) is 39.9. The number of benzene rings is 5. The molecule has 0 radical (unpaired) electrons. The molecule has 0 unspecified atom stereocenters. The fraction of sp³-hybridized carbons (Fsp3) is 0.0566. The Kier molecular flexibility index (Phi) is 22.1. The lowest BCUT2D eigenvalue weighted by atomic mass is 10.3. The summed E-state index contributed by atoms with van der Waals surface area (Å²) in [5.74, 6) is 4.89. The zero-order chi connectivity index (χ0) is 59.8. The Labute approximate surface area is 481 Å². The van der Waals surface area contributed by atoms with Gasteiger partial charge in [0.25, 0.3) is 27.8 Å². The second-order valence-corrected chi connectivity index (χ2v) is 17.0. The van der Waals surface area contributed by atoms with Crippen molar-refractivity contribution in [2.24, 2.45) is 0 Å². The van der Waals surface area contributed by atoms with E-state index in [0.717, 1.165) is 4.47 Å². The number of aromatic amines is 5. The number of aromatic nitrogens is 10. The Morgan fingerprint density at radius 3 is 1.06 bits per heavy atom. The predicted molar refractivity (Wildman–Crippen MR) is 311 cm³/mol. The molecule has 10 rings (SSSR count). The summed E-state index contributed by atoms with van der Waals surface area (Å²) in [7, 11) is 4.65. The molecule has 0 spiro atoms. The van der Waals surface area contributed by atoms with Crippen LogP contribution >= 0.6 is 27.5 Å². The van der Waals surface area contributed by atoms with E-state index in [1.165, 1.54) is 38.1 Å². The first-order valence-corrected chi connectivity index (χ1v) is 24.6. The number of para-hydroxylation sites is 3. The maximum atomic E-state index is 11.5. The number of halogens is 2. The third-order valence-electron chi connectivity index (χ3n) is 9.87. The lowest BCUT2D eigenvalue weighted by Gasteiger charge is -2.08. The molecule has 15 N–H and O–H groups in total. The maximum Gasteiger partial charge on any atom is 0.295 e. The average molecular weight is 1220 g/mol. The highest BCUT2D eigenvalue weighted by molar-refractivity contribution is 9.10. The molecule has 0 saturated heterocycles. The van der Waals surface area contributed by atoms with Gasteiger partial charge in [0, 0.05) is 10.5 Å². The van der Waals surface area contributed by atoms with Gasteiger partial charge in [-0.3, -0.25) is 48.9 Å². The predicted octanol–water partition coefficient (Wildman–Crippen LogP) is 7.16. The van der Waals surface area contributed by atoms with E-state index >= 15 is 0 Å². The number of rotatable bonds is 13. The van der Waals surface area contributed by atoms with Crippen LogP contribution in [-0.4, -0.2) is 71.2 Å². The lowest BCUT2D eigenvalue weighted by molar-refractivity contribution is 0.376. The van der Waals surface area contributed by atoms with E-state index in [-0.39, 0.29) is 58.5 Å². The number of H-pyrrole nitrogens is 5. The molecule has 30 heteroatoms. The van der Waals surface area contributed by atoms with E-state index in [9.17, 15) is 24.0 Å². The Morgan fingerprint density at radius 2 is 0.675 bits per heavy atom. The number of nitrogen functional groups attached to an aromatic ring is 5. The third-order valence-corrected chi connectivity index (χ3v) is 10.7. The molecule has 0 saturated carbocycles. The van der Waals surface area contributed by atoms with Crippen LogP contribution in [-0.2, 0) is 0 Å². The highest BCUT2D eigenvalue weighted by atomic mass is 79.9. The van der Waals surface area contributed by atoms with Gasteiger partial charge >= 0.3 is 0 Å². The van der Waals surface area contributed by atoms with Crippen LogP contribution < -0.4 is 94.4 Å². The van der Waals surface area contributed by atoms with E-state index in [0.29, 0.717) is 51.0 Å². The standard InChI is InChI=1S/3C11H11N3O3.C10H8BrN3O2.C10H8ClN3O2/c1-16-7-2-4-8(5-3-7)17-9-6-13-11(12)14-10(9)15;1-16-7-3-2-4-8(5-7)17-9-6-13-11(12)14-10(9)15;1-16-7-4-2-3-5-8(7)17-9-6-13-11(12)14-10(9)15;11-6-1-3-7(4-2-6)16-8-5-13-10(12)14-9(8)15;11-6-3-1-2-4-7(6)16-8-5-13-10(12)14-9(8)15/h3*2-6H,1H3,(H3,12,13,14,15);2*1-5H,(H3,12,13,14,15). The molecule has 5 aromatic heterocycles. The minimum absolute atomic E-state index is 0.0384. The molecule has 0 aliphatic rings. The molecular weight excluding hydrogens is 1170 g/mol. The van der Waals surface area contributed by atoms with Crippen LogP contribution in [0.15, 0.2) is 181 Å². The van der Waals surface area contributed by atoms with Gasteiger partial charge in [-0.1, -0.05) is 57.9 Å². The van der Waals surface area contributed by atoms with Crippen LogP contribution in [0.2, 0.25) is 5.02 Å². The molecule has 5 heterocycles. The summed E-state index contributed by atoms with van der Waals surface area (Å²) < 4.78 is 42.8. The molecule has 10 aromatic rings. The quantitative estimate of drug-likeness (QED) is 0.0547. The Hall–Kier alpha value is -11.3. The fourth-order valence-electron chi connectivity index (χ4n) is 6.01. The van der Waals surface area contributed by atoms with Crippen LogP contribution in [0.25, 0.3) is 0 Å². The van der Waals surface area contributed by atoms with Crippen molar-refractivity contribution in [3.05, 3.63) is 214 Å². The summed E-state index contributed by atoms with van der Waals surface area (Å²) in [6.07, 6.45) is 6.35. The fourth-order valence-corrected chi connectivity index (χ4v) is 6.45. The SMILES string of the molecule is COc1ccc(Oc2cnc(N)[nH]c2=O)cc1.COc1cccc(Oc2cnc(N)[nH]c2=O)c1.COc1ccccc1Oc1cnc(N)[nH]c1=O.Nc1ncc(Oc2ccc(Br)cc2)c(=O)[nH]1.Nc1ncc(Oc2ccccc2Cl)c(=O)[nH]1. The molecule has 0 amide bonds. The molecule has 83 heavy (non-hydrogen) atoms. The van der Waals surface area contributed by atoms with Crippen molar-refractivity contribution in [3.8, 4) is 74.7 Å². The minimum atomic E-state index is -0.451. The van der Waals surface area contributed by atoms with Crippen molar-refractivity contribution < 1.29 is 37.9 Å². The van der Waals surface area contributed by atoms with Gasteiger partial charge in [0.15, 0.2) is 41.2 Å². The van der Waals surface area contributed by atoms with Crippen molar-refractivity contribution in [2.45, 2.75) is 0 Å². The van der Waals surface area contributed by atoms with E-state index in [1.54, 1.807) is 123 Å². The average Bonchev–Trinajstić information content (AvgIpc) is 3.51. The normalized spacial score (nSPS) is 9.99. The Bertz CT molecular complexity index is 4060. The van der Waals surface area contributed by atoms with Crippen LogP contribution in [0, 0.1) is 0 Å². The first kappa shape index (κ1) is 60.9. The zero-order valence-corrected chi connectivity index (χ0v) is 46.0. The Morgan fingerprint density at radius 1 is 0.349 bits per heavy atom. The first-order valence-electron chi connectivity index (χ1n) is 23.4. The molecule has 0 aliphatic heterocycles. The van der Waals surface area contributed by atoms with Gasteiger partial charge in [0.1, 0.15) is 34.5 Å². The van der Waals surface area contributed by atoms with Crippen LogP contribution in [0.3, 0.4) is 0 Å². The largest absolute Gasteiger partial charge is 0.497 e. The lowest BCUT2D eigenvalue weighted by Crippen LogP contribution is -2.12. The number of ether oxygens (including phenoxy) is 8. The Balaban J connectivity index is 0.000000167. The van der Waals surface area contributed by atoms with Gasteiger partial charge in [-0.25, -0.2) is 24.9 Å². The topological polar surface area (TPSA) is 433 Å². The number of anilines is 5. The van der Waals surface area contributed by atoms with Gasteiger partial charge in [-0.05, 0) is 84.9 Å². The van der Waals surface area contributed by atoms with Gasteiger partial charge in [0.05, 0.1) is 57.3 Å². The van der Waals surface area contributed by atoms with E-state index in [4.69, 9.17) is 78.2 Å². The van der Waals surface area contributed by atoms with Crippen molar-refractivity contribution >= 4 is 57.3 Å². The van der Waals surface area contributed by atoms with Crippen molar-refractivity contribution in [3.63, 3.8) is 0 Å². The van der Waals surface area contributed by atoms with E-state index in [1.807, 2.05) is 12.1 Å². The number of hydrogen-bond donors (Lipinski definition) is 10. The number of nitrogens with one attached hydrogen (secondary N) is 5. The molecule has 28 nitrogen and oxygen atoms in total. The third kappa shape index (κ3) is 19.2. The molecule has 0 bridgehead atoms. The second-order valence-electron chi connectivity index (χ2n) is 15.7. The number of methoxy groups -OCH3 is 3. The van der Waals surface area contributed by atoms with Gasteiger partial charge in [0.2, 0.25) is 28.7 Å². The maximum absolute atomic E-state index is 11.5. The molecule has 5 aromatic carbocycles. The van der Waals surface area contributed by atoms with Crippen molar-refractivity contribution in [1.29, 1.82) is 0 Å². The molecule has 428 valence electrons. The van der Waals surface area contributed by atoms with Crippen LogP contribution in [0.4, 0.5) is 29.7 Å². The van der Waals surface area contributed by atoms with Crippen LogP contribution in [0.5, 0.6) is 74.7 Å². The molecule has 0 fully saturated rings. The summed E-state index contributed by atoms with van der Waals surface area (Å²) >= 11 is 9.18. The van der Waals surface area contributed by atoms with Crippen molar-refractivity contribution in [2.75, 3.05) is 50.0 Å². The molecular formula is C53H49BrClN15O13. The van der Waals surface area contributed by atoms with E-state index in [2.05, 4.69) is 65.8 Å². The van der Waals surface area contributed by atoms with Gasteiger partial charge in [-0.15, -0.1) is 0 Å². The summed E-state index contributed by atoms with van der Waals surface area (Å²) in [5.41, 5.74) is 24.4. The number of nitrogens with two attached hydrogens (primary N) is 5. The highest BCUT2D eigenvalue weighted by Gasteiger charge is 2.11. The monoisotopic (exact) mass is 1220 g/mol. The summed E-state index contributed by atoms with van der Waals surface area (Å²) in [4.78, 5) is 87.6. The van der Waals surface area contributed by atoms with E-state index < -0.39 is 27.8 Å². The summed E-state index contributed by atoms with van der Waals surface area (Å²) in [6.45, 7) is 0. The van der Waals surface area contributed by atoms with Crippen LogP contribution in [0.1, 0.15) is 0 Å². The summed E-state index contributed by atoms with van der Waals surface area (Å²) in [6, 6.07) is 34.7. The molecule has 0 atom stereocenters. The minimum Gasteiger partial charge on any atom is -0.497 e. The zero-order valence-electron chi connectivity index (χ0n) is 43.6. The number of hydrogen-bond acceptors (Lipinski definition) is 23. The van der Waals surface area contributed by atoms with Gasteiger partial charge in [-0.2, -0.15) is 0 Å². The summed E-state index contributed by atoms with van der Waals surface area (Å²) in [5, 5.41) is 0.415. The molecule has 0 aliphatic carbocycles. The number of nitrogens with zero attached hydrogens (tertiary/aromatic N) is 5. The highest BCUT2D eigenvalue weighted by Crippen LogP contribution is 2.30. The smallest absolute Gasteiger partial charge is 0.295 e.